The number of hydrogen-bond donors (Lipinski definition) is 1. The molecule has 1 heterocycles. The van der Waals surface area contributed by atoms with E-state index in [1.54, 1.807) is 7.11 Å². The van der Waals surface area contributed by atoms with E-state index in [-0.39, 0.29) is 6.10 Å². The Labute approximate surface area is 108 Å². The van der Waals surface area contributed by atoms with E-state index in [1.165, 1.54) is 5.56 Å². The molecule has 0 bridgehead atoms. The molecule has 0 spiro atoms. The zero-order valence-corrected chi connectivity index (χ0v) is 10.9. The SMILES string of the molecule is COC(CN1CCNCC1)c1ccc(Cl)cc1. The average molecular weight is 255 g/mol. The first-order valence-electron chi connectivity index (χ1n) is 6.01. The summed E-state index contributed by atoms with van der Waals surface area (Å²) in [7, 11) is 1.77. The summed E-state index contributed by atoms with van der Waals surface area (Å²) in [6.45, 7) is 5.26. The molecule has 94 valence electrons. The Kier molecular flexibility index (Phi) is 4.80. The van der Waals surface area contributed by atoms with Crippen LogP contribution in [0.25, 0.3) is 0 Å². The van der Waals surface area contributed by atoms with Gasteiger partial charge in [-0.15, -0.1) is 0 Å². The summed E-state index contributed by atoms with van der Waals surface area (Å²) in [4.78, 5) is 2.43. The monoisotopic (exact) mass is 254 g/mol. The fraction of sp³-hybridized carbons (Fsp3) is 0.538. The molecule has 0 amide bonds. The van der Waals surface area contributed by atoms with E-state index in [4.69, 9.17) is 16.3 Å². The second kappa shape index (κ2) is 6.36. The third-order valence-corrected chi connectivity index (χ3v) is 3.41. The standard InChI is InChI=1S/C13H19ClN2O/c1-17-13(10-16-8-6-15-7-9-16)11-2-4-12(14)5-3-11/h2-5,13,15H,6-10H2,1H3. The van der Waals surface area contributed by atoms with Crippen molar-refractivity contribution in [1.82, 2.24) is 10.2 Å². The molecule has 1 aromatic carbocycles. The van der Waals surface area contributed by atoms with Crippen LogP contribution in [0.5, 0.6) is 0 Å². The van der Waals surface area contributed by atoms with Crippen LogP contribution in [0.2, 0.25) is 5.02 Å². The van der Waals surface area contributed by atoms with Gasteiger partial charge in [-0.2, -0.15) is 0 Å². The van der Waals surface area contributed by atoms with Gasteiger partial charge in [0, 0.05) is 44.9 Å². The Morgan fingerprint density at radius 3 is 2.53 bits per heavy atom. The fourth-order valence-corrected chi connectivity index (χ4v) is 2.25. The third kappa shape index (κ3) is 3.68. The maximum Gasteiger partial charge on any atom is 0.0947 e. The van der Waals surface area contributed by atoms with E-state index in [2.05, 4.69) is 10.2 Å². The second-order valence-corrected chi connectivity index (χ2v) is 4.76. The summed E-state index contributed by atoms with van der Waals surface area (Å²) in [5.41, 5.74) is 1.19. The number of hydrogen-bond acceptors (Lipinski definition) is 3. The number of methoxy groups -OCH3 is 1. The van der Waals surface area contributed by atoms with Gasteiger partial charge in [0.15, 0.2) is 0 Å². The Morgan fingerprint density at radius 2 is 1.94 bits per heavy atom. The van der Waals surface area contributed by atoms with Crippen LogP contribution in [0.4, 0.5) is 0 Å². The quantitative estimate of drug-likeness (QED) is 0.889. The Hall–Kier alpha value is -0.610. The molecule has 1 aliphatic heterocycles. The molecule has 1 saturated heterocycles. The number of nitrogens with one attached hydrogen (secondary N) is 1. The summed E-state index contributed by atoms with van der Waals surface area (Å²) in [6.07, 6.45) is 0.130. The largest absolute Gasteiger partial charge is 0.375 e. The highest BCUT2D eigenvalue weighted by Crippen LogP contribution is 2.20. The van der Waals surface area contributed by atoms with Crippen LogP contribution < -0.4 is 5.32 Å². The molecule has 0 saturated carbocycles. The fourth-order valence-electron chi connectivity index (χ4n) is 2.12. The van der Waals surface area contributed by atoms with E-state index in [0.717, 1.165) is 37.7 Å². The van der Waals surface area contributed by atoms with Gasteiger partial charge in [-0.3, -0.25) is 4.90 Å². The van der Waals surface area contributed by atoms with Gasteiger partial charge in [-0.25, -0.2) is 0 Å². The Balaban J connectivity index is 1.97. The van der Waals surface area contributed by atoms with Crippen LogP contribution in [0.15, 0.2) is 24.3 Å². The molecule has 1 unspecified atom stereocenters. The number of rotatable bonds is 4. The first-order chi connectivity index (χ1) is 8.29. The molecule has 1 N–H and O–H groups in total. The van der Waals surface area contributed by atoms with Crippen molar-refractivity contribution in [3.8, 4) is 0 Å². The lowest BCUT2D eigenvalue weighted by Crippen LogP contribution is -2.45. The normalized spacial score (nSPS) is 19.2. The molecule has 2 rings (SSSR count). The molecular formula is C13H19ClN2O. The maximum absolute atomic E-state index is 5.89. The molecule has 1 aliphatic rings. The summed E-state index contributed by atoms with van der Waals surface area (Å²) >= 11 is 5.89. The van der Waals surface area contributed by atoms with Crippen molar-refractivity contribution < 1.29 is 4.74 Å². The summed E-state index contributed by atoms with van der Waals surface area (Å²) in [5, 5.41) is 4.12. The molecule has 17 heavy (non-hydrogen) atoms. The first kappa shape index (κ1) is 12.8. The van der Waals surface area contributed by atoms with Crippen LogP contribution >= 0.6 is 11.6 Å². The zero-order valence-electron chi connectivity index (χ0n) is 10.2. The third-order valence-electron chi connectivity index (χ3n) is 3.16. The van der Waals surface area contributed by atoms with Crippen LogP contribution in [0.3, 0.4) is 0 Å². The molecule has 4 heteroatoms. The first-order valence-corrected chi connectivity index (χ1v) is 6.38. The summed E-state index contributed by atoms with van der Waals surface area (Å²) in [5.74, 6) is 0. The number of nitrogens with zero attached hydrogens (tertiary/aromatic N) is 1. The predicted octanol–water partition coefficient (Wildman–Crippen LogP) is 1.93. The lowest BCUT2D eigenvalue weighted by molar-refractivity contribution is 0.0594. The highest BCUT2D eigenvalue weighted by molar-refractivity contribution is 6.30. The topological polar surface area (TPSA) is 24.5 Å². The molecule has 1 atom stereocenters. The summed E-state index contributed by atoms with van der Waals surface area (Å²) < 4.78 is 5.57. The number of piperazine rings is 1. The molecule has 0 radical (unpaired) electrons. The van der Waals surface area contributed by atoms with Gasteiger partial charge in [-0.05, 0) is 17.7 Å². The lowest BCUT2D eigenvalue weighted by atomic mass is 10.1. The highest BCUT2D eigenvalue weighted by atomic mass is 35.5. The van der Waals surface area contributed by atoms with Crippen molar-refractivity contribution in [2.75, 3.05) is 39.8 Å². The molecule has 0 aliphatic carbocycles. The van der Waals surface area contributed by atoms with Crippen molar-refractivity contribution in [2.45, 2.75) is 6.10 Å². The van der Waals surface area contributed by atoms with E-state index >= 15 is 0 Å². The number of ether oxygens (including phenoxy) is 1. The molecule has 0 aromatic heterocycles. The van der Waals surface area contributed by atoms with Crippen LogP contribution in [-0.2, 0) is 4.74 Å². The number of halogens is 1. The summed E-state index contributed by atoms with van der Waals surface area (Å²) in [6, 6.07) is 7.92. The van der Waals surface area contributed by atoms with Crippen molar-refractivity contribution in [3.63, 3.8) is 0 Å². The van der Waals surface area contributed by atoms with Crippen molar-refractivity contribution in [3.05, 3.63) is 34.9 Å². The zero-order chi connectivity index (χ0) is 12.1. The minimum absolute atomic E-state index is 0.130. The van der Waals surface area contributed by atoms with Crippen molar-refractivity contribution >= 4 is 11.6 Å². The van der Waals surface area contributed by atoms with E-state index in [9.17, 15) is 0 Å². The van der Waals surface area contributed by atoms with E-state index in [0.29, 0.717) is 0 Å². The van der Waals surface area contributed by atoms with Crippen molar-refractivity contribution in [2.24, 2.45) is 0 Å². The average Bonchev–Trinajstić information content (AvgIpc) is 2.38. The van der Waals surface area contributed by atoms with Crippen LogP contribution in [-0.4, -0.2) is 44.7 Å². The van der Waals surface area contributed by atoms with Gasteiger partial charge in [0.25, 0.3) is 0 Å². The minimum atomic E-state index is 0.130. The van der Waals surface area contributed by atoms with Gasteiger partial charge < -0.3 is 10.1 Å². The lowest BCUT2D eigenvalue weighted by Gasteiger charge is -2.30. The Morgan fingerprint density at radius 1 is 1.29 bits per heavy atom. The Bertz CT molecular complexity index is 336. The molecule has 3 nitrogen and oxygen atoms in total. The van der Waals surface area contributed by atoms with Gasteiger partial charge in [0.1, 0.15) is 0 Å². The minimum Gasteiger partial charge on any atom is -0.375 e. The number of benzene rings is 1. The maximum atomic E-state index is 5.89. The molecule has 1 aromatic rings. The van der Waals surface area contributed by atoms with Crippen LogP contribution in [0.1, 0.15) is 11.7 Å². The van der Waals surface area contributed by atoms with Crippen molar-refractivity contribution in [1.29, 1.82) is 0 Å². The smallest absolute Gasteiger partial charge is 0.0947 e. The highest BCUT2D eigenvalue weighted by Gasteiger charge is 2.17. The van der Waals surface area contributed by atoms with Gasteiger partial charge in [0.05, 0.1) is 6.10 Å². The predicted molar refractivity (Wildman–Crippen MR) is 70.5 cm³/mol. The second-order valence-electron chi connectivity index (χ2n) is 4.33. The molecule has 1 fully saturated rings. The van der Waals surface area contributed by atoms with Crippen LogP contribution in [0, 0.1) is 0 Å². The van der Waals surface area contributed by atoms with Gasteiger partial charge in [0.2, 0.25) is 0 Å². The van der Waals surface area contributed by atoms with E-state index in [1.807, 2.05) is 24.3 Å². The van der Waals surface area contributed by atoms with Gasteiger partial charge >= 0.3 is 0 Å². The van der Waals surface area contributed by atoms with Gasteiger partial charge in [-0.1, -0.05) is 23.7 Å². The van der Waals surface area contributed by atoms with E-state index < -0.39 is 0 Å². The molecular weight excluding hydrogens is 236 g/mol.